The molecule has 0 amide bonds. The fourth-order valence-electron chi connectivity index (χ4n) is 3.26. The summed E-state index contributed by atoms with van der Waals surface area (Å²) in [7, 11) is 0. The van der Waals surface area contributed by atoms with Crippen LogP contribution >= 0.6 is 11.8 Å². The van der Waals surface area contributed by atoms with Crippen molar-refractivity contribution in [3.8, 4) is 5.75 Å². The Balaban J connectivity index is 1.98. The number of fused-ring (bicyclic) bond motifs is 1. The SMILES string of the molecule is FC(F)(F)SC1=CC(c2ccccc2)(c2ccccc2)Oc2ccccc21. The zero-order chi connectivity index (χ0) is 18.9. The summed E-state index contributed by atoms with van der Waals surface area (Å²) in [5.74, 6) is 0.430. The molecular weight excluding hydrogens is 369 g/mol. The Morgan fingerprint density at radius 2 is 1.22 bits per heavy atom. The van der Waals surface area contributed by atoms with Crippen LogP contribution in [0.1, 0.15) is 16.7 Å². The van der Waals surface area contributed by atoms with Crippen LogP contribution in [0, 0.1) is 0 Å². The van der Waals surface area contributed by atoms with Gasteiger partial charge >= 0.3 is 5.51 Å². The van der Waals surface area contributed by atoms with E-state index < -0.39 is 11.1 Å². The molecule has 0 saturated carbocycles. The molecular formula is C22H15F3OS. The summed E-state index contributed by atoms with van der Waals surface area (Å²) in [6, 6.07) is 25.5. The van der Waals surface area contributed by atoms with E-state index in [1.165, 1.54) is 0 Å². The molecule has 0 radical (unpaired) electrons. The van der Waals surface area contributed by atoms with Gasteiger partial charge in [0.25, 0.3) is 0 Å². The van der Waals surface area contributed by atoms with E-state index in [2.05, 4.69) is 0 Å². The van der Waals surface area contributed by atoms with E-state index in [0.29, 0.717) is 11.3 Å². The van der Waals surface area contributed by atoms with Crippen molar-refractivity contribution in [2.75, 3.05) is 0 Å². The van der Waals surface area contributed by atoms with Gasteiger partial charge in [0, 0.05) is 21.6 Å². The molecule has 0 unspecified atom stereocenters. The maximum Gasteiger partial charge on any atom is 0.446 e. The van der Waals surface area contributed by atoms with Gasteiger partial charge in [-0.1, -0.05) is 78.9 Å². The molecule has 0 N–H and O–H groups in total. The van der Waals surface area contributed by atoms with Crippen molar-refractivity contribution in [3.63, 3.8) is 0 Å². The highest BCUT2D eigenvalue weighted by atomic mass is 32.2. The predicted octanol–water partition coefficient (Wildman–Crippen LogP) is 6.62. The van der Waals surface area contributed by atoms with Crippen molar-refractivity contribution in [1.82, 2.24) is 0 Å². The number of para-hydroxylation sites is 1. The normalized spacial score (nSPS) is 15.4. The molecule has 0 bridgehead atoms. The lowest BCUT2D eigenvalue weighted by Gasteiger charge is -2.37. The van der Waals surface area contributed by atoms with Crippen LogP contribution in [0.15, 0.2) is 91.0 Å². The van der Waals surface area contributed by atoms with Crippen molar-refractivity contribution >= 4 is 16.7 Å². The minimum Gasteiger partial charge on any atom is -0.473 e. The summed E-state index contributed by atoms with van der Waals surface area (Å²) in [6.07, 6.45) is 1.58. The summed E-state index contributed by atoms with van der Waals surface area (Å²) in [6.45, 7) is 0. The third-order valence-corrected chi connectivity index (χ3v) is 5.18. The standard InChI is InChI=1S/C22H15F3OS/c23-22(24,25)27-20-15-21(16-9-3-1-4-10-16,17-11-5-2-6-12-17)26-19-14-8-7-13-18(19)20/h1-15H. The summed E-state index contributed by atoms with van der Waals surface area (Å²) < 4.78 is 46.2. The smallest absolute Gasteiger partial charge is 0.446 e. The quantitative estimate of drug-likeness (QED) is 0.502. The molecule has 1 nitrogen and oxygen atoms in total. The van der Waals surface area contributed by atoms with Gasteiger partial charge in [0.05, 0.1) is 0 Å². The summed E-state index contributed by atoms with van der Waals surface area (Å²) in [4.78, 5) is 0.136. The number of hydrogen-bond acceptors (Lipinski definition) is 2. The van der Waals surface area contributed by atoms with Crippen LogP contribution in [0.2, 0.25) is 0 Å². The lowest BCUT2D eigenvalue weighted by atomic mass is 9.83. The number of halogens is 3. The number of rotatable bonds is 3. The second kappa shape index (κ2) is 6.82. The number of thioether (sulfide) groups is 1. The van der Waals surface area contributed by atoms with E-state index in [9.17, 15) is 13.2 Å². The average molecular weight is 384 g/mol. The maximum atomic E-state index is 13.3. The molecule has 136 valence electrons. The Bertz CT molecular complexity index is 926. The highest BCUT2D eigenvalue weighted by Crippen LogP contribution is 2.51. The van der Waals surface area contributed by atoms with Gasteiger partial charge in [-0.25, -0.2) is 0 Å². The van der Waals surface area contributed by atoms with E-state index in [-0.39, 0.29) is 16.7 Å². The maximum absolute atomic E-state index is 13.3. The molecule has 0 spiro atoms. The van der Waals surface area contributed by atoms with Crippen LogP contribution in [0.25, 0.3) is 4.91 Å². The Labute approximate surface area is 159 Å². The van der Waals surface area contributed by atoms with Crippen LogP contribution in [0.3, 0.4) is 0 Å². The van der Waals surface area contributed by atoms with Crippen LogP contribution in [0.4, 0.5) is 13.2 Å². The van der Waals surface area contributed by atoms with Crippen LogP contribution in [0.5, 0.6) is 5.75 Å². The second-order valence-electron chi connectivity index (χ2n) is 6.12. The highest BCUT2D eigenvalue weighted by molar-refractivity contribution is 8.09. The van der Waals surface area contributed by atoms with Gasteiger partial charge in [-0.05, 0) is 23.9 Å². The molecule has 0 aliphatic carbocycles. The molecule has 0 fully saturated rings. The number of alkyl halides is 3. The van der Waals surface area contributed by atoms with Crippen molar-refractivity contribution in [2.45, 2.75) is 11.1 Å². The number of benzene rings is 3. The molecule has 27 heavy (non-hydrogen) atoms. The summed E-state index contributed by atoms with van der Waals surface area (Å²) in [5, 5.41) is 0. The summed E-state index contributed by atoms with van der Waals surface area (Å²) in [5.41, 5.74) is -3.54. The third-order valence-electron chi connectivity index (χ3n) is 4.39. The molecule has 3 aromatic carbocycles. The molecule has 1 aliphatic heterocycles. The fourth-order valence-corrected chi connectivity index (χ4v) is 4.01. The molecule has 4 rings (SSSR count). The molecule has 0 atom stereocenters. The van der Waals surface area contributed by atoms with Crippen LogP contribution in [-0.4, -0.2) is 5.51 Å². The zero-order valence-corrected chi connectivity index (χ0v) is 14.9. The first-order valence-electron chi connectivity index (χ1n) is 8.36. The third kappa shape index (κ3) is 3.47. The van der Waals surface area contributed by atoms with Crippen molar-refractivity contribution in [1.29, 1.82) is 0 Å². The lowest BCUT2D eigenvalue weighted by molar-refractivity contribution is -0.0318. The van der Waals surface area contributed by atoms with Crippen molar-refractivity contribution < 1.29 is 17.9 Å². The van der Waals surface area contributed by atoms with E-state index >= 15 is 0 Å². The topological polar surface area (TPSA) is 9.23 Å². The predicted molar refractivity (Wildman–Crippen MR) is 102 cm³/mol. The van der Waals surface area contributed by atoms with E-state index in [1.54, 1.807) is 30.3 Å². The monoisotopic (exact) mass is 384 g/mol. The van der Waals surface area contributed by atoms with Crippen molar-refractivity contribution in [2.24, 2.45) is 0 Å². The molecule has 3 aromatic rings. The van der Waals surface area contributed by atoms with Gasteiger partial charge in [0.15, 0.2) is 5.60 Å². The van der Waals surface area contributed by atoms with Gasteiger partial charge in [-0.15, -0.1) is 0 Å². The first-order chi connectivity index (χ1) is 13.0. The minimum absolute atomic E-state index is 0.107. The van der Waals surface area contributed by atoms with Gasteiger partial charge in [0.1, 0.15) is 5.75 Å². The van der Waals surface area contributed by atoms with Crippen LogP contribution < -0.4 is 4.74 Å². The molecule has 5 heteroatoms. The Hall–Kier alpha value is -2.66. The van der Waals surface area contributed by atoms with E-state index in [0.717, 1.165) is 11.1 Å². The largest absolute Gasteiger partial charge is 0.473 e. The molecule has 1 aliphatic rings. The Morgan fingerprint density at radius 1 is 0.704 bits per heavy atom. The second-order valence-corrected chi connectivity index (χ2v) is 7.23. The van der Waals surface area contributed by atoms with E-state index in [4.69, 9.17) is 4.74 Å². The first kappa shape index (κ1) is 17.7. The number of ether oxygens (including phenoxy) is 1. The average Bonchev–Trinajstić information content (AvgIpc) is 2.68. The molecule has 0 saturated heterocycles. The Kier molecular flexibility index (Phi) is 4.48. The highest BCUT2D eigenvalue weighted by Gasteiger charge is 2.42. The van der Waals surface area contributed by atoms with Crippen LogP contribution in [-0.2, 0) is 5.60 Å². The van der Waals surface area contributed by atoms with Gasteiger partial charge in [0.2, 0.25) is 0 Å². The zero-order valence-electron chi connectivity index (χ0n) is 14.1. The number of hydrogen-bond donors (Lipinski definition) is 0. The Morgan fingerprint density at radius 3 is 1.78 bits per heavy atom. The lowest BCUT2D eigenvalue weighted by Crippen LogP contribution is -2.35. The summed E-state index contributed by atoms with van der Waals surface area (Å²) >= 11 is -0.107. The fraction of sp³-hybridized carbons (Fsp3) is 0.0909. The first-order valence-corrected chi connectivity index (χ1v) is 9.18. The minimum atomic E-state index is -4.39. The van der Waals surface area contributed by atoms with E-state index in [1.807, 2.05) is 60.7 Å². The van der Waals surface area contributed by atoms with Gasteiger partial charge in [-0.3, -0.25) is 0 Å². The van der Waals surface area contributed by atoms with Crippen molar-refractivity contribution in [3.05, 3.63) is 108 Å². The van der Waals surface area contributed by atoms with Gasteiger partial charge in [-0.2, -0.15) is 13.2 Å². The molecule has 1 heterocycles. The molecule has 0 aromatic heterocycles. The van der Waals surface area contributed by atoms with Gasteiger partial charge < -0.3 is 4.74 Å².